The summed E-state index contributed by atoms with van der Waals surface area (Å²) < 4.78 is 5.21. The number of esters is 1. The lowest BCUT2D eigenvalue weighted by molar-refractivity contribution is -0.134. The Labute approximate surface area is 174 Å². The number of rotatable bonds is 6. The number of hydrogen-bond acceptors (Lipinski definition) is 6. The van der Waals surface area contributed by atoms with E-state index in [1.165, 1.54) is 0 Å². The minimum Gasteiger partial charge on any atom is -0.452 e. The van der Waals surface area contributed by atoms with Crippen molar-refractivity contribution in [1.82, 2.24) is 9.88 Å². The van der Waals surface area contributed by atoms with E-state index in [1.807, 2.05) is 18.2 Å². The van der Waals surface area contributed by atoms with E-state index in [1.54, 1.807) is 35.4 Å². The summed E-state index contributed by atoms with van der Waals surface area (Å²) in [7, 11) is 0. The van der Waals surface area contributed by atoms with Crippen molar-refractivity contribution in [2.45, 2.75) is 12.8 Å². The summed E-state index contributed by atoms with van der Waals surface area (Å²) in [6.45, 7) is 2.16. The molecule has 2 heterocycles. The molecule has 1 aromatic heterocycles. The molecule has 2 aromatic rings. The first-order chi connectivity index (χ1) is 14.6. The van der Waals surface area contributed by atoms with E-state index in [0.717, 1.165) is 18.7 Å². The van der Waals surface area contributed by atoms with Gasteiger partial charge in [-0.05, 0) is 43.2 Å². The number of nitrogens with zero attached hydrogens (tertiary/aromatic N) is 3. The quantitative estimate of drug-likeness (QED) is 0.735. The number of pyridine rings is 1. The summed E-state index contributed by atoms with van der Waals surface area (Å²) in [6.07, 6.45) is 3.57. The molecule has 8 heteroatoms. The van der Waals surface area contributed by atoms with Crippen LogP contribution in [0.3, 0.4) is 0 Å². The Hall–Kier alpha value is -3.42. The number of anilines is 2. The summed E-state index contributed by atoms with van der Waals surface area (Å²) in [4.78, 5) is 44.8. The lowest BCUT2D eigenvalue weighted by atomic mass is 10.2. The number of aromatic nitrogens is 1. The van der Waals surface area contributed by atoms with Gasteiger partial charge in [0.1, 0.15) is 5.82 Å². The summed E-state index contributed by atoms with van der Waals surface area (Å²) >= 11 is 0. The highest BCUT2D eigenvalue weighted by atomic mass is 16.5. The van der Waals surface area contributed by atoms with Gasteiger partial charge >= 0.3 is 5.97 Å². The molecule has 1 saturated carbocycles. The molecule has 0 bridgehead atoms. The minimum atomic E-state index is -0.585. The topological polar surface area (TPSA) is 91.8 Å². The monoisotopic (exact) mass is 408 g/mol. The Morgan fingerprint density at radius 3 is 2.53 bits per heavy atom. The number of amides is 2. The number of carbonyl (C=O) groups excluding carboxylic acids is 3. The molecule has 8 nitrogen and oxygen atoms in total. The zero-order valence-electron chi connectivity index (χ0n) is 16.6. The van der Waals surface area contributed by atoms with Crippen molar-refractivity contribution in [3.05, 3.63) is 54.2 Å². The molecule has 0 spiro atoms. The van der Waals surface area contributed by atoms with Crippen LogP contribution in [0.5, 0.6) is 0 Å². The maximum atomic E-state index is 12.4. The molecule has 30 heavy (non-hydrogen) atoms. The van der Waals surface area contributed by atoms with Crippen LogP contribution in [-0.2, 0) is 14.3 Å². The Morgan fingerprint density at radius 2 is 1.83 bits per heavy atom. The Kier molecular flexibility index (Phi) is 5.92. The van der Waals surface area contributed by atoms with Crippen molar-refractivity contribution in [3.63, 3.8) is 0 Å². The van der Waals surface area contributed by atoms with E-state index >= 15 is 0 Å². The van der Waals surface area contributed by atoms with Gasteiger partial charge in [-0.3, -0.25) is 9.59 Å². The largest absolute Gasteiger partial charge is 0.452 e. The number of benzene rings is 1. The van der Waals surface area contributed by atoms with Crippen molar-refractivity contribution in [1.29, 1.82) is 0 Å². The fourth-order valence-electron chi connectivity index (χ4n) is 3.34. The molecule has 1 N–H and O–H groups in total. The van der Waals surface area contributed by atoms with Gasteiger partial charge in [0.2, 0.25) is 5.91 Å². The second-order valence-corrected chi connectivity index (χ2v) is 7.48. The summed E-state index contributed by atoms with van der Waals surface area (Å²) in [5, 5.41) is 2.80. The number of hydrogen-bond donors (Lipinski definition) is 1. The van der Waals surface area contributed by atoms with Crippen LogP contribution in [0.25, 0.3) is 0 Å². The standard InChI is InChI=1S/C22H24N4O4/c27-20(26-12-10-25(11-13-26)19-6-1-2-9-23-19)15-30-22(29)17-4-3-5-18(14-17)24-21(28)16-7-8-16/h1-6,9,14,16H,7-8,10-13,15H2,(H,24,28). The molecule has 0 radical (unpaired) electrons. The van der Waals surface area contributed by atoms with E-state index in [-0.39, 0.29) is 24.3 Å². The number of piperazine rings is 1. The molecule has 2 amide bonds. The average molecular weight is 408 g/mol. The first kappa shape index (κ1) is 19.9. The second-order valence-electron chi connectivity index (χ2n) is 7.48. The normalized spacial score (nSPS) is 16.1. The molecule has 1 aliphatic heterocycles. The van der Waals surface area contributed by atoms with Gasteiger partial charge < -0.3 is 19.9 Å². The van der Waals surface area contributed by atoms with Gasteiger partial charge in [0, 0.05) is 44.0 Å². The van der Waals surface area contributed by atoms with Gasteiger partial charge in [-0.2, -0.15) is 0 Å². The van der Waals surface area contributed by atoms with E-state index in [4.69, 9.17) is 4.74 Å². The number of nitrogens with one attached hydrogen (secondary N) is 1. The maximum Gasteiger partial charge on any atom is 0.338 e. The van der Waals surface area contributed by atoms with E-state index in [0.29, 0.717) is 37.4 Å². The summed E-state index contributed by atoms with van der Waals surface area (Å²) in [5.41, 5.74) is 0.856. The van der Waals surface area contributed by atoms with Crippen LogP contribution >= 0.6 is 0 Å². The van der Waals surface area contributed by atoms with Crippen molar-refractivity contribution in [3.8, 4) is 0 Å². The van der Waals surface area contributed by atoms with Crippen LogP contribution in [-0.4, -0.2) is 60.5 Å². The molecule has 156 valence electrons. The van der Waals surface area contributed by atoms with Crippen LogP contribution < -0.4 is 10.2 Å². The van der Waals surface area contributed by atoms with Crippen molar-refractivity contribution in [2.24, 2.45) is 5.92 Å². The lowest BCUT2D eigenvalue weighted by Gasteiger charge is -2.35. The zero-order valence-corrected chi connectivity index (χ0v) is 16.6. The first-order valence-corrected chi connectivity index (χ1v) is 10.1. The summed E-state index contributed by atoms with van der Waals surface area (Å²) in [6, 6.07) is 12.3. The average Bonchev–Trinajstić information content (AvgIpc) is 3.64. The Bertz CT molecular complexity index is 922. The first-order valence-electron chi connectivity index (χ1n) is 10.1. The smallest absolute Gasteiger partial charge is 0.338 e. The molecule has 1 aliphatic carbocycles. The van der Waals surface area contributed by atoms with E-state index in [2.05, 4.69) is 15.2 Å². The molecular weight excluding hydrogens is 384 g/mol. The molecule has 0 unspecified atom stereocenters. The second kappa shape index (κ2) is 8.94. The van der Waals surface area contributed by atoms with Gasteiger partial charge in [-0.25, -0.2) is 9.78 Å². The number of ether oxygens (including phenoxy) is 1. The maximum absolute atomic E-state index is 12.4. The molecule has 1 aromatic carbocycles. The van der Waals surface area contributed by atoms with Gasteiger partial charge in [0.05, 0.1) is 5.56 Å². The minimum absolute atomic E-state index is 0.0273. The molecular formula is C22H24N4O4. The van der Waals surface area contributed by atoms with Gasteiger partial charge in [-0.15, -0.1) is 0 Å². The fourth-order valence-corrected chi connectivity index (χ4v) is 3.34. The molecule has 2 fully saturated rings. The van der Waals surface area contributed by atoms with Crippen LogP contribution in [0.15, 0.2) is 48.7 Å². The fraction of sp³-hybridized carbons (Fsp3) is 0.364. The van der Waals surface area contributed by atoms with E-state index in [9.17, 15) is 14.4 Å². The Balaban J connectivity index is 1.25. The van der Waals surface area contributed by atoms with Crippen LogP contribution in [0.1, 0.15) is 23.2 Å². The van der Waals surface area contributed by atoms with Crippen molar-refractivity contribution in [2.75, 3.05) is 43.0 Å². The zero-order chi connectivity index (χ0) is 20.9. The van der Waals surface area contributed by atoms with E-state index < -0.39 is 5.97 Å². The highest BCUT2D eigenvalue weighted by molar-refractivity contribution is 5.96. The summed E-state index contributed by atoms with van der Waals surface area (Å²) in [5.74, 6) is 0.141. The van der Waals surface area contributed by atoms with Gasteiger partial charge in [0.25, 0.3) is 5.91 Å². The highest BCUT2D eigenvalue weighted by Crippen LogP contribution is 2.30. The third-order valence-corrected chi connectivity index (χ3v) is 5.25. The van der Waals surface area contributed by atoms with Crippen LogP contribution in [0.2, 0.25) is 0 Å². The molecule has 0 atom stereocenters. The van der Waals surface area contributed by atoms with Gasteiger partial charge in [0.15, 0.2) is 6.61 Å². The third kappa shape index (κ3) is 4.94. The highest BCUT2D eigenvalue weighted by Gasteiger charge is 2.29. The molecule has 1 saturated heterocycles. The van der Waals surface area contributed by atoms with Gasteiger partial charge in [-0.1, -0.05) is 12.1 Å². The predicted octanol–water partition coefficient (Wildman–Crippen LogP) is 1.94. The predicted molar refractivity (Wildman–Crippen MR) is 111 cm³/mol. The van der Waals surface area contributed by atoms with Crippen molar-refractivity contribution < 1.29 is 19.1 Å². The third-order valence-electron chi connectivity index (χ3n) is 5.25. The molecule has 2 aliphatic rings. The number of carbonyl (C=O) groups is 3. The molecule has 4 rings (SSSR count). The SMILES string of the molecule is O=C(OCC(=O)N1CCN(c2ccccn2)CC1)c1cccc(NC(=O)C2CC2)c1. The lowest BCUT2D eigenvalue weighted by Crippen LogP contribution is -2.50. The Morgan fingerprint density at radius 1 is 1.03 bits per heavy atom. The van der Waals surface area contributed by atoms with Crippen molar-refractivity contribution >= 4 is 29.3 Å². The van der Waals surface area contributed by atoms with Crippen LogP contribution in [0.4, 0.5) is 11.5 Å². The van der Waals surface area contributed by atoms with Crippen LogP contribution in [0, 0.1) is 5.92 Å².